The van der Waals surface area contributed by atoms with Crippen LogP contribution in [0.4, 0.5) is 0 Å². The van der Waals surface area contributed by atoms with Gasteiger partial charge in [0.15, 0.2) is 5.78 Å². The van der Waals surface area contributed by atoms with Gasteiger partial charge in [-0.25, -0.2) is 0 Å². The second kappa shape index (κ2) is 6.49. The molecule has 0 aromatic carbocycles. The fourth-order valence-electron chi connectivity index (χ4n) is 8.13. The number of ketones is 1. The summed E-state index contributed by atoms with van der Waals surface area (Å²) in [6, 6.07) is 0. The number of carbonyl (C=O) groups is 1. The van der Waals surface area contributed by atoms with Crippen molar-refractivity contribution in [1.82, 2.24) is 0 Å². The molecule has 0 bridgehead atoms. The van der Waals surface area contributed by atoms with Crippen LogP contribution in [0.3, 0.4) is 0 Å². The lowest BCUT2D eigenvalue weighted by Crippen LogP contribution is -2.51. The van der Waals surface area contributed by atoms with Gasteiger partial charge in [-0.15, -0.1) is 0 Å². The van der Waals surface area contributed by atoms with E-state index in [2.05, 4.69) is 40.7 Å². The highest BCUT2D eigenvalue weighted by atomic mass is 16.1. The Morgan fingerprint density at radius 1 is 1.15 bits per heavy atom. The van der Waals surface area contributed by atoms with Gasteiger partial charge in [0, 0.05) is 5.41 Å². The molecule has 0 aliphatic heterocycles. The molecule has 0 unspecified atom stereocenters. The average Bonchev–Trinajstić information content (AvgIpc) is 2.96. The second-order valence-corrected chi connectivity index (χ2v) is 11.0. The molecule has 4 aliphatic rings. The number of rotatable bonds is 3. The van der Waals surface area contributed by atoms with Gasteiger partial charge in [-0.2, -0.15) is 0 Å². The molecule has 0 radical (unpaired) electrons. The molecule has 4 aliphatic carbocycles. The zero-order valence-electron chi connectivity index (χ0n) is 17.8. The smallest absolute Gasteiger partial charge is 0.162 e. The Balaban J connectivity index is 1.69. The van der Waals surface area contributed by atoms with Crippen LogP contribution < -0.4 is 0 Å². The topological polar surface area (TPSA) is 17.1 Å². The van der Waals surface area contributed by atoms with E-state index in [1.54, 1.807) is 5.57 Å². The minimum atomic E-state index is -0.0755. The van der Waals surface area contributed by atoms with Crippen LogP contribution in [-0.2, 0) is 4.79 Å². The summed E-state index contributed by atoms with van der Waals surface area (Å²) in [6.07, 6.45) is 14.1. The third-order valence-corrected chi connectivity index (χ3v) is 9.69. The van der Waals surface area contributed by atoms with E-state index >= 15 is 0 Å². The van der Waals surface area contributed by atoms with Gasteiger partial charge in [0.05, 0.1) is 0 Å². The van der Waals surface area contributed by atoms with E-state index in [9.17, 15) is 4.79 Å². The van der Waals surface area contributed by atoms with E-state index in [-0.39, 0.29) is 5.41 Å². The lowest BCUT2D eigenvalue weighted by atomic mass is 9.47. The third-order valence-electron chi connectivity index (χ3n) is 9.69. The molecule has 0 amide bonds. The number of fused-ring (bicyclic) bond motifs is 5. The Labute approximate surface area is 161 Å². The lowest BCUT2D eigenvalue weighted by molar-refractivity contribution is -0.132. The van der Waals surface area contributed by atoms with Gasteiger partial charge in [-0.3, -0.25) is 4.79 Å². The van der Waals surface area contributed by atoms with Gasteiger partial charge in [0.2, 0.25) is 0 Å². The van der Waals surface area contributed by atoms with Crippen molar-refractivity contribution < 1.29 is 4.79 Å². The molecule has 4 rings (SSSR count). The molecule has 146 valence electrons. The van der Waals surface area contributed by atoms with Crippen LogP contribution in [0.1, 0.15) is 92.4 Å². The van der Waals surface area contributed by atoms with Crippen molar-refractivity contribution in [2.24, 2.45) is 46.3 Å². The zero-order chi connectivity index (χ0) is 18.7. The molecule has 0 aromatic rings. The molecule has 0 spiro atoms. The predicted molar refractivity (Wildman–Crippen MR) is 109 cm³/mol. The Bertz CT molecular complexity index is 603. The molecule has 0 N–H and O–H groups in total. The summed E-state index contributed by atoms with van der Waals surface area (Å²) in [5.74, 6) is 4.82. The van der Waals surface area contributed by atoms with Gasteiger partial charge >= 0.3 is 0 Å². The number of carbonyl (C=O) groups excluding carboxylic acids is 1. The van der Waals surface area contributed by atoms with Crippen LogP contribution >= 0.6 is 0 Å². The van der Waals surface area contributed by atoms with Crippen molar-refractivity contribution in [2.45, 2.75) is 92.4 Å². The molecule has 0 heterocycles. The summed E-state index contributed by atoms with van der Waals surface area (Å²) in [5.41, 5.74) is 1.84. The first-order valence-electron chi connectivity index (χ1n) is 11.6. The van der Waals surface area contributed by atoms with Crippen molar-refractivity contribution in [3.05, 3.63) is 11.6 Å². The van der Waals surface area contributed by atoms with E-state index in [0.717, 1.165) is 11.8 Å². The maximum Gasteiger partial charge on any atom is 0.162 e. The summed E-state index contributed by atoms with van der Waals surface area (Å²) in [5, 5.41) is 0. The molecular weight excluding hydrogens is 316 g/mol. The fraction of sp³-hybridized carbons (Fsp3) is 0.880. The maximum atomic E-state index is 13.6. The van der Waals surface area contributed by atoms with Crippen molar-refractivity contribution in [3.63, 3.8) is 0 Å². The molecule has 3 saturated carbocycles. The summed E-state index contributed by atoms with van der Waals surface area (Å²) in [6.45, 7) is 12.0. The second-order valence-electron chi connectivity index (χ2n) is 11.0. The van der Waals surface area contributed by atoms with Gasteiger partial charge in [-0.1, -0.05) is 53.0 Å². The summed E-state index contributed by atoms with van der Waals surface area (Å²) >= 11 is 0. The third kappa shape index (κ3) is 2.51. The molecule has 26 heavy (non-hydrogen) atoms. The van der Waals surface area contributed by atoms with Crippen LogP contribution in [-0.4, -0.2) is 5.78 Å². The van der Waals surface area contributed by atoms with Crippen LogP contribution in [0.25, 0.3) is 0 Å². The first-order valence-corrected chi connectivity index (χ1v) is 11.6. The van der Waals surface area contributed by atoms with Gasteiger partial charge in [-0.05, 0) is 91.9 Å². The van der Waals surface area contributed by atoms with E-state index < -0.39 is 0 Å². The first-order chi connectivity index (χ1) is 12.3. The van der Waals surface area contributed by atoms with Crippen LogP contribution in [0.15, 0.2) is 11.6 Å². The first kappa shape index (κ1) is 18.8. The maximum absolute atomic E-state index is 13.6. The van der Waals surface area contributed by atoms with Gasteiger partial charge in [0.1, 0.15) is 0 Å². The van der Waals surface area contributed by atoms with E-state index in [1.807, 2.05) is 0 Å². The summed E-state index contributed by atoms with van der Waals surface area (Å²) in [7, 11) is 0. The quantitative estimate of drug-likeness (QED) is 0.542. The van der Waals surface area contributed by atoms with E-state index in [1.165, 1.54) is 57.8 Å². The number of hydrogen-bond donors (Lipinski definition) is 0. The molecule has 0 aromatic heterocycles. The normalized spacial score (nSPS) is 49.0. The van der Waals surface area contributed by atoms with Gasteiger partial charge < -0.3 is 0 Å². The Morgan fingerprint density at radius 2 is 1.92 bits per heavy atom. The standard InChI is InChI=1S/C25H40O/c1-6-7-17(3)20-10-11-21-19-9-8-18-14-16(2)12-13-24(18,4)22(19)15-23(26)25(20,21)5/h15-21H,6-14H2,1-5H3/t16-,17-,18-,19+,20-,21+,24+,25-/m1/s1. The predicted octanol–water partition coefficient (Wildman–Crippen LogP) is 6.82. The Morgan fingerprint density at radius 3 is 2.65 bits per heavy atom. The average molecular weight is 357 g/mol. The highest BCUT2D eigenvalue weighted by molar-refractivity contribution is 5.97. The fourth-order valence-corrected chi connectivity index (χ4v) is 8.13. The highest BCUT2D eigenvalue weighted by Gasteiger charge is 2.60. The Kier molecular flexibility index (Phi) is 4.68. The number of allylic oxidation sites excluding steroid dienone is 2. The zero-order valence-corrected chi connectivity index (χ0v) is 17.8. The molecular formula is C25H40O. The molecule has 8 atom stereocenters. The van der Waals surface area contributed by atoms with Crippen LogP contribution in [0, 0.1) is 46.3 Å². The minimum Gasteiger partial charge on any atom is -0.294 e. The number of hydrogen-bond acceptors (Lipinski definition) is 1. The monoisotopic (exact) mass is 356 g/mol. The van der Waals surface area contributed by atoms with Crippen LogP contribution in [0.5, 0.6) is 0 Å². The van der Waals surface area contributed by atoms with Crippen molar-refractivity contribution in [2.75, 3.05) is 0 Å². The van der Waals surface area contributed by atoms with Crippen molar-refractivity contribution in [3.8, 4) is 0 Å². The highest BCUT2D eigenvalue weighted by Crippen LogP contribution is 2.65. The van der Waals surface area contributed by atoms with Crippen LogP contribution in [0.2, 0.25) is 0 Å². The van der Waals surface area contributed by atoms with E-state index in [0.29, 0.717) is 34.9 Å². The molecule has 1 heteroatoms. The van der Waals surface area contributed by atoms with Gasteiger partial charge in [0.25, 0.3) is 0 Å². The molecule has 0 saturated heterocycles. The minimum absolute atomic E-state index is 0.0755. The Hall–Kier alpha value is -0.590. The summed E-state index contributed by atoms with van der Waals surface area (Å²) in [4.78, 5) is 13.6. The molecule has 1 nitrogen and oxygen atoms in total. The van der Waals surface area contributed by atoms with Crippen molar-refractivity contribution >= 4 is 5.78 Å². The summed E-state index contributed by atoms with van der Waals surface area (Å²) < 4.78 is 0. The lowest BCUT2D eigenvalue weighted by Gasteiger charge is -2.56. The molecule has 3 fully saturated rings. The SMILES string of the molecule is CCC[C@@H](C)[C@H]1CC[C@H]2[C@@H]3CC[C@@H]4C[C@H](C)CC[C@]4(C)C3=CC(=O)[C@]12C. The van der Waals surface area contributed by atoms with Crippen molar-refractivity contribution in [1.29, 1.82) is 0 Å². The van der Waals surface area contributed by atoms with E-state index in [4.69, 9.17) is 0 Å². The largest absolute Gasteiger partial charge is 0.294 e.